The first-order valence-electron chi connectivity index (χ1n) is 7.68. The van der Waals surface area contributed by atoms with Crippen molar-refractivity contribution in [2.75, 3.05) is 0 Å². The molecule has 1 saturated heterocycles. The van der Waals surface area contributed by atoms with Crippen LogP contribution in [-0.4, -0.2) is 38.5 Å². The van der Waals surface area contributed by atoms with Crippen LogP contribution in [0.15, 0.2) is 45.0 Å². The summed E-state index contributed by atoms with van der Waals surface area (Å²) in [5.74, 6) is -1.00. The van der Waals surface area contributed by atoms with Crippen LogP contribution in [-0.2, 0) is 9.59 Å². The van der Waals surface area contributed by atoms with Gasteiger partial charge in [-0.15, -0.1) is 5.10 Å². The fourth-order valence-corrected chi connectivity index (χ4v) is 3.40. The molecular weight excluding hydrogens is 412 g/mol. The molecule has 10 nitrogen and oxygen atoms in total. The second-order valence-corrected chi connectivity index (χ2v) is 7.09. The number of aliphatic carboxylic acids is 1. The lowest BCUT2D eigenvalue weighted by molar-refractivity contribution is -0.384. The van der Waals surface area contributed by atoms with Crippen LogP contribution in [0.3, 0.4) is 0 Å². The Balaban J connectivity index is 1.73. The lowest BCUT2D eigenvalue weighted by Crippen LogP contribution is -2.26. The van der Waals surface area contributed by atoms with Gasteiger partial charge in [0.1, 0.15) is 16.8 Å². The number of nitrogens with one attached hydrogen (secondary N) is 1. The number of halogens is 1. The lowest BCUT2D eigenvalue weighted by Gasteiger charge is -2.00. The number of rotatable bonds is 6. The molecule has 144 valence electrons. The first-order valence-corrected chi connectivity index (χ1v) is 8.93. The molecule has 1 amide bonds. The molecule has 1 aliphatic rings. The Morgan fingerprint density at radius 3 is 2.93 bits per heavy atom. The number of nitrogens with zero attached hydrogens (tertiary/aromatic N) is 3. The Bertz CT molecular complexity index is 1020. The Kier molecular flexibility index (Phi) is 5.76. The standard InChI is InChI=1S/C16H11ClN4O6S/c17-8-1-3-10(11(5-8)21(25)26)12-4-2-9(27-12)7-18-20-16-19-15(24)13(28-16)6-14(22)23/h1-5,7,13H,6H2,(H,22,23)(H,19,20,24)/b18-7+. The topological polar surface area (TPSA) is 147 Å². The Morgan fingerprint density at radius 1 is 1.43 bits per heavy atom. The molecule has 1 aromatic carbocycles. The van der Waals surface area contributed by atoms with Gasteiger partial charge in [-0.25, -0.2) is 0 Å². The number of carbonyl (C=O) groups excluding carboxylic acids is 1. The largest absolute Gasteiger partial charge is 0.481 e. The number of thioether (sulfide) groups is 1. The Labute approximate surface area is 166 Å². The summed E-state index contributed by atoms with van der Waals surface area (Å²) in [6.07, 6.45) is 0.941. The third-order valence-electron chi connectivity index (χ3n) is 3.52. The van der Waals surface area contributed by atoms with E-state index in [0.717, 1.165) is 11.8 Å². The van der Waals surface area contributed by atoms with Gasteiger partial charge in [-0.05, 0) is 24.3 Å². The smallest absolute Gasteiger partial charge is 0.305 e. The lowest BCUT2D eigenvalue weighted by atomic mass is 10.1. The molecule has 3 rings (SSSR count). The summed E-state index contributed by atoms with van der Waals surface area (Å²) in [6.45, 7) is 0. The number of hydrogen-bond acceptors (Lipinski definition) is 8. The van der Waals surface area contributed by atoms with Crippen molar-refractivity contribution in [3.05, 3.63) is 51.2 Å². The maximum Gasteiger partial charge on any atom is 0.305 e. The van der Waals surface area contributed by atoms with Gasteiger partial charge in [-0.3, -0.25) is 19.7 Å². The number of nitro benzene ring substituents is 1. The quantitative estimate of drug-likeness (QED) is 0.413. The Morgan fingerprint density at radius 2 is 2.21 bits per heavy atom. The van der Waals surface area contributed by atoms with E-state index in [1.807, 2.05) is 0 Å². The van der Waals surface area contributed by atoms with Crippen molar-refractivity contribution in [3.63, 3.8) is 0 Å². The number of nitro groups is 1. The third-order valence-corrected chi connectivity index (χ3v) is 4.83. The number of hydrogen-bond donors (Lipinski definition) is 2. The predicted molar refractivity (Wildman–Crippen MR) is 103 cm³/mol. The van der Waals surface area contributed by atoms with Crippen molar-refractivity contribution < 1.29 is 24.0 Å². The fraction of sp³-hybridized carbons (Fsp3) is 0.125. The molecule has 1 unspecified atom stereocenters. The summed E-state index contributed by atoms with van der Waals surface area (Å²) < 4.78 is 5.52. The molecular formula is C16H11ClN4O6S. The minimum absolute atomic E-state index is 0.174. The van der Waals surface area contributed by atoms with Crippen LogP contribution in [0, 0.1) is 10.1 Å². The average molecular weight is 423 g/mol. The zero-order chi connectivity index (χ0) is 20.3. The summed E-state index contributed by atoms with van der Waals surface area (Å²) in [5.41, 5.74) is 0.0654. The number of amidine groups is 1. The second-order valence-electron chi connectivity index (χ2n) is 5.46. The van der Waals surface area contributed by atoms with Crippen molar-refractivity contribution in [2.24, 2.45) is 10.2 Å². The van der Waals surface area contributed by atoms with Gasteiger partial charge in [0.2, 0.25) is 5.91 Å². The van der Waals surface area contributed by atoms with Crippen LogP contribution in [0.5, 0.6) is 0 Å². The molecule has 1 atom stereocenters. The van der Waals surface area contributed by atoms with Crippen molar-refractivity contribution in [1.29, 1.82) is 0 Å². The van der Waals surface area contributed by atoms with Crippen LogP contribution in [0.2, 0.25) is 5.02 Å². The van der Waals surface area contributed by atoms with Crippen LogP contribution in [0.25, 0.3) is 11.3 Å². The number of benzene rings is 1. The molecule has 0 bridgehead atoms. The van der Waals surface area contributed by atoms with Crippen molar-refractivity contribution >= 4 is 52.3 Å². The van der Waals surface area contributed by atoms with Gasteiger partial charge in [0.15, 0.2) is 5.17 Å². The molecule has 0 aliphatic carbocycles. The first kappa shape index (κ1) is 19.6. The molecule has 12 heteroatoms. The molecule has 2 aromatic rings. The number of carbonyl (C=O) groups is 2. The number of carboxylic acids is 1. The summed E-state index contributed by atoms with van der Waals surface area (Å²) in [4.78, 5) is 32.9. The van der Waals surface area contributed by atoms with E-state index in [1.165, 1.54) is 24.4 Å². The fourth-order valence-electron chi connectivity index (χ4n) is 2.31. The number of furan rings is 1. The van der Waals surface area contributed by atoms with E-state index in [4.69, 9.17) is 21.1 Å². The van der Waals surface area contributed by atoms with E-state index in [0.29, 0.717) is 0 Å². The van der Waals surface area contributed by atoms with Gasteiger partial charge >= 0.3 is 5.97 Å². The van der Waals surface area contributed by atoms with Crippen LogP contribution >= 0.6 is 23.4 Å². The highest BCUT2D eigenvalue weighted by Gasteiger charge is 2.32. The minimum Gasteiger partial charge on any atom is -0.481 e. The molecule has 2 heterocycles. The normalized spacial score (nSPS) is 18.0. The van der Waals surface area contributed by atoms with Crippen LogP contribution in [0.4, 0.5) is 5.69 Å². The zero-order valence-electron chi connectivity index (χ0n) is 13.9. The summed E-state index contributed by atoms with van der Waals surface area (Å²) in [7, 11) is 0. The number of amides is 1. The average Bonchev–Trinajstić information content (AvgIpc) is 3.21. The van der Waals surface area contributed by atoms with Crippen molar-refractivity contribution in [3.8, 4) is 11.3 Å². The van der Waals surface area contributed by atoms with Crippen LogP contribution in [0.1, 0.15) is 12.2 Å². The molecule has 1 fully saturated rings. The van der Waals surface area contributed by atoms with Crippen LogP contribution < -0.4 is 5.32 Å². The van der Waals surface area contributed by atoms with Gasteiger partial charge in [-0.1, -0.05) is 23.4 Å². The van der Waals surface area contributed by atoms with E-state index < -0.39 is 22.0 Å². The molecule has 28 heavy (non-hydrogen) atoms. The highest BCUT2D eigenvalue weighted by atomic mass is 35.5. The van der Waals surface area contributed by atoms with E-state index in [1.54, 1.807) is 12.1 Å². The predicted octanol–water partition coefficient (Wildman–Crippen LogP) is 2.90. The maximum atomic E-state index is 11.6. The van der Waals surface area contributed by atoms with E-state index in [9.17, 15) is 19.7 Å². The molecule has 1 aliphatic heterocycles. The van der Waals surface area contributed by atoms with Gasteiger partial charge in [-0.2, -0.15) is 5.10 Å². The number of carboxylic acid groups (broad SMARTS) is 1. The van der Waals surface area contributed by atoms with Crippen molar-refractivity contribution in [2.45, 2.75) is 11.7 Å². The van der Waals surface area contributed by atoms with E-state index in [2.05, 4.69) is 15.5 Å². The highest BCUT2D eigenvalue weighted by Crippen LogP contribution is 2.33. The van der Waals surface area contributed by atoms with E-state index in [-0.39, 0.29) is 39.4 Å². The van der Waals surface area contributed by atoms with Gasteiger partial charge in [0, 0.05) is 11.1 Å². The molecule has 0 saturated carbocycles. The molecule has 0 radical (unpaired) electrons. The van der Waals surface area contributed by atoms with Gasteiger partial charge in [0.25, 0.3) is 5.69 Å². The van der Waals surface area contributed by atoms with Gasteiger partial charge in [0.05, 0.1) is 23.1 Å². The maximum absolute atomic E-state index is 11.6. The highest BCUT2D eigenvalue weighted by molar-refractivity contribution is 8.15. The minimum atomic E-state index is -1.09. The first-order chi connectivity index (χ1) is 13.3. The third kappa shape index (κ3) is 4.56. The van der Waals surface area contributed by atoms with Gasteiger partial charge < -0.3 is 14.8 Å². The Hall–Kier alpha value is -3.18. The van der Waals surface area contributed by atoms with Crippen molar-refractivity contribution in [1.82, 2.24) is 5.32 Å². The molecule has 0 spiro atoms. The summed E-state index contributed by atoms with van der Waals surface area (Å²) in [5, 5.41) is 29.6. The monoisotopic (exact) mass is 422 g/mol. The SMILES string of the molecule is O=C(O)CC1SC(=N/N=C/c2ccc(-c3ccc(Cl)cc3[N+](=O)[O-])o2)NC1=O. The summed E-state index contributed by atoms with van der Waals surface area (Å²) in [6, 6.07) is 7.31. The second kappa shape index (κ2) is 8.23. The molecule has 1 aromatic heterocycles. The molecule has 2 N–H and O–H groups in total. The summed E-state index contributed by atoms with van der Waals surface area (Å²) >= 11 is 6.76. The zero-order valence-corrected chi connectivity index (χ0v) is 15.4. The van der Waals surface area contributed by atoms with E-state index >= 15 is 0 Å².